The van der Waals surface area contributed by atoms with Crippen molar-refractivity contribution in [1.29, 1.82) is 5.26 Å². The zero-order valence-electron chi connectivity index (χ0n) is 18.6. The zero-order chi connectivity index (χ0) is 23.4. The number of piperazine rings is 1. The SMILES string of the molecule is Cn1cc(-c2cc(-c3ccc(N4CCN(C(=O)O)C5(CC5)C4)nc3)c3c(C#N)cnn3c2)cn1. The van der Waals surface area contributed by atoms with E-state index < -0.39 is 6.09 Å². The molecule has 6 rings (SSSR count). The van der Waals surface area contributed by atoms with Crippen molar-refractivity contribution in [3.05, 3.63) is 54.7 Å². The van der Waals surface area contributed by atoms with Gasteiger partial charge in [0.25, 0.3) is 0 Å². The predicted octanol–water partition coefficient (Wildman–Crippen LogP) is 3.00. The Balaban J connectivity index is 1.37. The van der Waals surface area contributed by atoms with Gasteiger partial charge in [0.1, 0.15) is 11.9 Å². The molecule has 2 fully saturated rings. The number of aryl methyl sites for hydroxylation is 1. The number of anilines is 1. The fourth-order valence-corrected chi connectivity index (χ4v) is 4.93. The largest absolute Gasteiger partial charge is 0.465 e. The summed E-state index contributed by atoms with van der Waals surface area (Å²) in [5.74, 6) is 0.827. The Kier molecular flexibility index (Phi) is 4.35. The van der Waals surface area contributed by atoms with Crippen LogP contribution in [0.25, 0.3) is 27.8 Å². The second kappa shape index (κ2) is 7.31. The number of amides is 1. The lowest BCUT2D eigenvalue weighted by molar-refractivity contribution is 0.110. The summed E-state index contributed by atoms with van der Waals surface area (Å²) >= 11 is 0. The lowest BCUT2D eigenvalue weighted by Crippen LogP contribution is -2.57. The Labute approximate surface area is 195 Å². The fraction of sp³-hybridized carbons (Fsp3) is 0.292. The van der Waals surface area contributed by atoms with Crippen molar-refractivity contribution >= 4 is 17.4 Å². The van der Waals surface area contributed by atoms with Gasteiger partial charge in [-0.05, 0) is 31.0 Å². The van der Waals surface area contributed by atoms with Gasteiger partial charge in [0, 0.05) is 67.5 Å². The van der Waals surface area contributed by atoms with E-state index in [4.69, 9.17) is 4.98 Å². The molecule has 0 aromatic carbocycles. The fourth-order valence-electron chi connectivity index (χ4n) is 4.93. The summed E-state index contributed by atoms with van der Waals surface area (Å²) in [5.41, 5.74) is 4.59. The molecule has 1 aliphatic heterocycles. The highest BCUT2D eigenvalue weighted by Crippen LogP contribution is 2.45. The molecule has 4 aromatic rings. The number of aromatic nitrogens is 5. The molecule has 5 heterocycles. The second-order valence-corrected chi connectivity index (χ2v) is 8.99. The first-order valence-electron chi connectivity index (χ1n) is 11.1. The Morgan fingerprint density at radius 3 is 2.59 bits per heavy atom. The average molecular weight is 454 g/mol. The van der Waals surface area contributed by atoms with Crippen LogP contribution in [0, 0.1) is 11.3 Å². The summed E-state index contributed by atoms with van der Waals surface area (Å²) in [4.78, 5) is 20.1. The van der Waals surface area contributed by atoms with E-state index in [2.05, 4.69) is 21.2 Å². The summed E-state index contributed by atoms with van der Waals surface area (Å²) in [6.07, 6.45) is 9.97. The first-order chi connectivity index (χ1) is 16.5. The molecule has 0 bridgehead atoms. The Hall–Kier alpha value is -4.39. The van der Waals surface area contributed by atoms with Crippen molar-refractivity contribution in [2.75, 3.05) is 24.5 Å². The maximum absolute atomic E-state index is 11.6. The predicted molar refractivity (Wildman–Crippen MR) is 124 cm³/mol. The minimum atomic E-state index is -0.841. The zero-order valence-corrected chi connectivity index (χ0v) is 18.6. The molecule has 0 unspecified atom stereocenters. The van der Waals surface area contributed by atoms with Crippen molar-refractivity contribution in [3.63, 3.8) is 0 Å². The molecule has 34 heavy (non-hydrogen) atoms. The number of fused-ring (bicyclic) bond motifs is 1. The van der Waals surface area contributed by atoms with Crippen LogP contribution in [0.15, 0.2) is 49.2 Å². The van der Waals surface area contributed by atoms with E-state index in [-0.39, 0.29) is 5.54 Å². The third-order valence-corrected chi connectivity index (χ3v) is 6.86. The standard InChI is InChI=1S/C24H22N8O2/c1-29-13-19(12-27-29)17-8-20(22-18(9-25)11-28-32(22)14-17)16-2-3-21(26-10-16)30-6-7-31(23(33)34)24(15-30)4-5-24/h2-3,8,10-14H,4-7,15H2,1H3,(H,33,34). The van der Waals surface area contributed by atoms with E-state index in [0.29, 0.717) is 25.2 Å². The third kappa shape index (κ3) is 3.16. The number of hydrogen-bond donors (Lipinski definition) is 1. The number of pyridine rings is 2. The van der Waals surface area contributed by atoms with E-state index >= 15 is 0 Å². The van der Waals surface area contributed by atoms with Crippen LogP contribution in [-0.4, -0.2) is 65.7 Å². The Morgan fingerprint density at radius 1 is 1.09 bits per heavy atom. The van der Waals surface area contributed by atoms with Gasteiger partial charge in [0.15, 0.2) is 0 Å². The van der Waals surface area contributed by atoms with Crippen LogP contribution in [0.1, 0.15) is 18.4 Å². The monoisotopic (exact) mass is 454 g/mol. The van der Waals surface area contributed by atoms with Gasteiger partial charge < -0.3 is 10.0 Å². The van der Waals surface area contributed by atoms with Crippen LogP contribution >= 0.6 is 0 Å². The molecule has 0 atom stereocenters. The molecule has 0 radical (unpaired) electrons. The molecule has 2 aliphatic rings. The van der Waals surface area contributed by atoms with Crippen molar-refractivity contribution in [1.82, 2.24) is 29.3 Å². The maximum atomic E-state index is 11.6. The molecule has 1 saturated heterocycles. The second-order valence-electron chi connectivity index (χ2n) is 8.99. The highest BCUT2D eigenvalue weighted by atomic mass is 16.4. The number of carbonyl (C=O) groups is 1. The van der Waals surface area contributed by atoms with Crippen molar-refractivity contribution in [2.24, 2.45) is 7.05 Å². The molecule has 1 spiro atoms. The highest BCUT2D eigenvalue weighted by molar-refractivity contribution is 5.87. The number of rotatable bonds is 3. The van der Waals surface area contributed by atoms with Gasteiger partial charge in [-0.1, -0.05) is 0 Å². The van der Waals surface area contributed by atoms with Crippen LogP contribution in [0.2, 0.25) is 0 Å². The van der Waals surface area contributed by atoms with Gasteiger partial charge in [-0.15, -0.1) is 0 Å². The summed E-state index contributed by atoms with van der Waals surface area (Å²) in [6.45, 7) is 1.75. The summed E-state index contributed by atoms with van der Waals surface area (Å²) < 4.78 is 3.47. The van der Waals surface area contributed by atoms with E-state index in [1.165, 1.54) is 0 Å². The molecule has 1 saturated carbocycles. The van der Waals surface area contributed by atoms with Crippen LogP contribution in [0.4, 0.5) is 10.6 Å². The minimum Gasteiger partial charge on any atom is -0.465 e. The van der Waals surface area contributed by atoms with Crippen LogP contribution < -0.4 is 4.90 Å². The molecular weight excluding hydrogens is 432 g/mol. The molecule has 4 aromatic heterocycles. The molecule has 1 N–H and O–H groups in total. The Morgan fingerprint density at radius 2 is 1.94 bits per heavy atom. The quantitative estimate of drug-likeness (QED) is 0.506. The highest BCUT2D eigenvalue weighted by Gasteiger charge is 2.53. The topological polar surface area (TPSA) is 116 Å². The average Bonchev–Trinajstić information content (AvgIpc) is 3.26. The molecule has 10 heteroatoms. The van der Waals surface area contributed by atoms with Gasteiger partial charge in [0.2, 0.25) is 0 Å². The maximum Gasteiger partial charge on any atom is 0.407 e. The number of nitrogens with zero attached hydrogens (tertiary/aromatic N) is 8. The first-order valence-corrected chi connectivity index (χ1v) is 11.1. The van der Waals surface area contributed by atoms with E-state index in [1.807, 2.05) is 43.8 Å². The van der Waals surface area contributed by atoms with E-state index in [9.17, 15) is 15.2 Å². The molecule has 170 valence electrons. The number of nitriles is 1. The van der Waals surface area contributed by atoms with Gasteiger partial charge in [0.05, 0.1) is 29.0 Å². The summed E-state index contributed by atoms with van der Waals surface area (Å²) in [6, 6.07) is 8.24. The third-order valence-electron chi connectivity index (χ3n) is 6.86. The molecule has 1 aliphatic carbocycles. The van der Waals surface area contributed by atoms with Gasteiger partial charge in [-0.3, -0.25) is 9.58 Å². The van der Waals surface area contributed by atoms with Crippen molar-refractivity contribution in [3.8, 4) is 28.3 Å². The lowest BCUT2D eigenvalue weighted by atomic mass is 10.0. The Bertz CT molecular complexity index is 1460. The van der Waals surface area contributed by atoms with E-state index in [0.717, 1.165) is 46.4 Å². The van der Waals surface area contributed by atoms with Crippen molar-refractivity contribution in [2.45, 2.75) is 18.4 Å². The molecule has 10 nitrogen and oxygen atoms in total. The van der Waals surface area contributed by atoms with E-state index in [1.54, 1.807) is 26.5 Å². The smallest absolute Gasteiger partial charge is 0.407 e. The lowest BCUT2D eigenvalue weighted by Gasteiger charge is -2.41. The van der Waals surface area contributed by atoms with Gasteiger partial charge in [-0.25, -0.2) is 14.3 Å². The van der Waals surface area contributed by atoms with Crippen molar-refractivity contribution < 1.29 is 9.90 Å². The number of carboxylic acid groups (broad SMARTS) is 1. The van der Waals surface area contributed by atoms with Crippen LogP contribution in [0.3, 0.4) is 0 Å². The normalized spacial score (nSPS) is 16.7. The van der Waals surface area contributed by atoms with Gasteiger partial charge >= 0.3 is 6.09 Å². The molecular formula is C24H22N8O2. The van der Waals surface area contributed by atoms with Crippen LogP contribution in [0.5, 0.6) is 0 Å². The van der Waals surface area contributed by atoms with Gasteiger partial charge in [-0.2, -0.15) is 15.5 Å². The minimum absolute atomic E-state index is 0.270. The summed E-state index contributed by atoms with van der Waals surface area (Å²) in [7, 11) is 1.87. The molecule has 1 amide bonds. The van der Waals surface area contributed by atoms with Crippen LogP contribution in [-0.2, 0) is 7.05 Å². The summed E-state index contributed by atoms with van der Waals surface area (Å²) in [5, 5.41) is 27.8. The first kappa shape index (κ1) is 20.2. The number of hydrogen-bond acceptors (Lipinski definition) is 6.